The number of anilines is 3. The first-order valence-corrected chi connectivity index (χ1v) is 8.84. The predicted molar refractivity (Wildman–Crippen MR) is 108 cm³/mol. The number of rotatable bonds is 3. The van der Waals surface area contributed by atoms with Crippen LogP contribution in [-0.4, -0.2) is 30.9 Å². The zero-order chi connectivity index (χ0) is 19.5. The lowest BCUT2D eigenvalue weighted by atomic mass is 10.1. The fraction of sp³-hybridized carbons (Fsp3) is 0.0952. The van der Waals surface area contributed by atoms with E-state index in [-0.39, 0.29) is 24.9 Å². The summed E-state index contributed by atoms with van der Waals surface area (Å²) in [6, 6.07) is 19.9. The number of urea groups is 1. The first-order chi connectivity index (χ1) is 13.6. The molecule has 0 radical (unpaired) electrons. The van der Waals surface area contributed by atoms with E-state index in [1.807, 2.05) is 42.5 Å². The van der Waals surface area contributed by atoms with Crippen molar-refractivity contribution in [3.8, 4) is 0 Å². The smallest absolute Gasteiger partial charge is 0.322 e. The maximum Gasteiger partial charge on any atom is 0.322 e. The molecule has 1 aliphatic heterocycles. The number of hydrogen-bond acceptors (Lipinski definition) is 3. The molecule has 0 spiro atoms. The zero-order valence-electron chi connectivity index (χ0n) is 14.9. The average molecular weight is 374 g/mol. The summed E-state index contributed by atoms with van der Waals surface area (Å²) in [7, 11) is 0. The van der Waals surface area contributed by atoms with E-state index in [1.165, 1.54) is 4.90 Å². The summed E-state index contributed by atoms with van der Waals surface area (Å²) in [4.78, 5) is 38.0. The molecule has 0 aliphatic carbocycles. The number of amides is 4. The van der Waals surface area contributed by atoms with Crippen molar-refractivity contribution in [1.29, 1.82) is 0 Å². The highest BCUT2D eigenvalue weighted by atomic mass is 16.2. The maximum absolute atomic E-state index is 12.5. The first kappa shape index (κ1) is 17.5. The lowest BCUT2D eigenvalue weighted by molar-refractivity contribution is -0.115. The maximum atomic E-state index is 12.5. The van der Waals surface area contributed by atoms with Gasteiger partial charge in [0.15, 0.2) is 0 Å². The Kier molecular flexibility index (Phi) is 4.63. The number of carbonyl (C=O) groups is 3. The number of fused-ring (bicyclic) bond motifs is 2. The highest BCUT2D eigenvalue weighted by Crippen LogP contribution is 2.28. The van der Waals surface area contributed by atoms with Crippen molar-refractivity contribution < 1.29 is 14.4 Å². The second-order valence-electron chi connectivity index (χ2n) is 6.39. The van der Waals surface area contributed by atoms with Gasteiger partial charge in [-0.1, -0.05) is 48.5 Å². The van der Waals surface area contributed by atoms with Crippen molar-refractivity contribution in [2.45, 2.75) is 0 Å². The third kappa shape index (κ3) is 3.50. The van der Waals surface area contributed by atoms with Gasteiger partial charge in [0.05, 0.1) is 17.9 Å². The molecule has 3 aromatic rings. The summed E-state index contributed by atoms with van der Waals surface area (Å²) >= 11 is 0. The third-order valence-electron chi connectivity index (χ3n) is 4.48. The van der Waals surface area contributed by atoms with Crippen LogP contribution >= 0.6 is 0 Å². The van der Waals surface area contributed by atoms with E-state index < -0.39 is 6.03 Å². The van der Waals surface area contributed by atoms with E-state index in [2.05, 4.69) is 16.0 Å². The molecule has 0 bridgehead atoms. The zero-order valence-corrected chi connectivity index (χ0v) is 14.9. The molecule has 0 fully saturated rings. The fourth-order valence-electron chi connectivity index (χ4n) is 3.19. The van der Waals surface area contributed by atoms with Gasteiger partial charge in [-0.2, -0.15) is 0 Å². The number of carbonyl (C=O) groups excluding carboxylic acids is 3. The Hall–Kier alpha value is -3.87. The van der Waals surface area contributed by atoms with Crippen LogP contribution in [0.5, 0.6) is 0 Å². The van der Waals surface area contributed by atoms with Gasteiger partial charge in [-0.25, -0.2) is 4.79 Å². The highest BCUT2D eigenvalue weighted by molar-refractivity contribution is 6.10. The molecule has 0 saturated carbocycles. The van der Waals surface area contributed by atoms with Crippen LogP contribution in [-0.2, 0) is 9.59 Å². The fourth-order valence-corrected chi connectivity index (χ4v) is 3.19. The molecule has 1 heterocycles. The van der Waals surface area contributed by atoms with Gasteiger partial charge in [0.25, 0.3) is 0 Å². The lowest BCUT2D eigenvalue weighted by Crippen LogP contribution is -2.48. The van der Waals surface area contributed by atoms with Gasteiger partial charge in [-0.3, -0.25) is 14.5 Å². The van der Waals surface area contributed by atoms with Crippen molar-refractivity contribution in [2.75, 3.05) is 28.6 Å². The second kappa shape index (κ2) is 7.40. The number of benzene rings is 3. The van der Waals surface area contributed by atoms with Crippen molar-refractivity contribution in [1.82, 2.24) is 5.32 Å². The Morgan fingerprint density at radius 1 is 0.964 bits per heavy atom. The van der Waals surface area contributed by atoms with Crippen molar-refractivity contribution >= 4 is 45.7 Å². The van der Waals surface area contributed by atoms with Crippen molar-refractivity contribution in [3.05, 3.63) is 66.7 Å². The average Bonchev–Trinajstić information content (AvgIpc) is 2.71. The Morgan fingerprint density at radius 2 is 1.71 bits per heavy atom. The molecule has 7 nitrogen and oxygen atoms in total. The minimum Gasteiger partial charge on any atom is -0.329 e. The van der Waals surface area contributed by atoms with Crippen molar-refractivity contribution in [3.63, 3.8) is 0 Å². The molecule has 0 atom stereocenters. The second-order valence-corrected chi connectivity index (χ2v) is 6.39. The molecule has 1 aliphatic rings. The van der Waals surface area contributed by atoms with E-state index in [4.69, 9.17) is 0 Å². The molecule has 4 amide bonds. The van der Waals surface area contributed by atoms with Crippen LogP contribution in [0.3, 0.4) is 0 Å². The molecule has 7 heteroatoms. The van der Waals surface area contributed by atoms with Gasteiger partial charge in [-0.05, 0) is 23.6 Å². The summed E-state index contributed by atoms with van der Waals surface area (Å²) < 4.78 is 0. The van der Waals surface area contributed by atoms with E-state index >= 15 is 0 Å². The van der Waals surface area contributed by atoms with Crippen molar-refractivity contribution in [2.24, 2.45) is 0 Å². The van der Waals surface area contributed by atoms with Crippen LogP contribution in [0.1, 0.15) is 0 Å². The summed E-state index contributed by atoms with van der Waals surface area (Å²) in [6.07, 6.45) is 0. The number of para-hydroxylation sites is 2. The Bertz CT molecular complexity index is 1070. The molecule has 28 heavy (non-hydrogen) atoms. The minimum atomic E-state index is -0.504. The molecule has 0 unspecified atom stereocenters. The van der Waals surface area contributed by atoms with Gasteiger partial charge in [-0.15, -0.1) is 0 Å². The first-order valence-electron chi connectivity index (χ1n) is 8.84. The molecule has 140 valence electrons. The topological polar surface area (TPSA) is 90.5 Å². The molecular weight excluding hydrogens is 356 g/mol. The quantitative estimate of drug-likeness (QED) is 0.658. The van der Waals surface area contributed by atoms with Gasteiger partial charge in [0.2, 0.25) is 11.8 Å². The van der Waals surface area contributed by atoms with Crippen LogP contribution in [0.25, 0.3) is 10.8 Å². The number of nitrogens with zero attached hydrogens (tertiary/aromatic N) is 1. The predicted octanol–water partition coefficient (Wildman–Crippen LogP) is 2.95. The highest BCUT2D eigenvalue weighted by Gasteiger charge is 2.26. The minimum absolute atomic E-state index is 0.103. The Labute approximate surface area is 161 Å². The number of nitrogens with one attached hydrogen (secondary N) is 3. The molecule has 3 aromatic carbocycles. The largest absolute Gasteiger partial charge is 0.329 e. The molecule has 0 aromatic heterocycles. The van der Waals surface area contributed by atoms with Crippen LogP contribution in [0.4, 0.5) is 21.9 Å². The summed E-state index contributed by atoms with van der Waals surface area (Å²) in [5.41, 5.74) is 1.84. The Balaban J connectivity index is 1.42. The van der Waals surface area contributed by atoms with Crippen LogP contribution in [0, 0.1) is 0 Å². The molecular formula is C21H18N4O3. The van der Waals surface area contributed by atoms with Gasteiger partial charge < -0.3 is 16.0 Å². The summed E-state index contributed by atoms with van der Waals surface area (Å²) in [5.74, 6) is -0.631. The number of hydrogen-bond donors (Lipinski definition) is 3. The van der Waals surface area contributed by atoms with Crippen LogP contribution in [0.2, 0.25) is 0 Å². The standard InChI is InChI=1S/C21H18N4O3/c26-19(23-16-10-5-7-14-6-1-2-8-15(14)16)12-22-21(28)25-13-20(27)24-17-9-3-4-11-18(17)25/h1-11H,12-13H2,(H,22,28)(H,23,26)(H,24,27). The Morgan fingerprint density at radius 3 is 2.61 bits per heavy atom. The van der Waals surface area contributed by atoms with Gasteiger partial charge in [0, 0.05) is 11.1 Å². The van der Waals surface area contributed by atoms with Gasteiger partial charge in [0.1, 0.15) is 6.54 Å². The monoisotopic (exact) mass is 374 g/mol. The molecule has 4 rings (SSSR count). The van der Waals surface area contributed by atoms with Crippen LogP contribution < -0.4 is 20.9 Å². The summed E-state index contributed by atoms with van der Waals surface area (Å²) in [6.45, 7) is -0.309. The third-order valence-corrected chi connectivity index (χ3v) is 4.48. The summed E-state index contributed by atoms with van der Waals surface area (Å²) in [5, 5.41) is 10.1. The van der Waals surface area contributed by atoms with E-state index in [1.54, 1.807) is 24.3 Å². The van der Waals surface area contributed by atoms with E-state index in [9.17, 15) is 14.4 Å². The molecule has 3 N–H and O–H groups in total. The van der Waals surface area contributed by atoms with Crippen LogP contribution in [0.15, 0.2) is 66.7 Å². The SMILES string of the molecule is O=C1CN(C(=O)NCC(=O)Nc2cccc3ccccc23)c2ccccc2N1. The lowest BCUT2D eigenvalue weighted by Gasteiger charge is -2.29. The van der Waals surface area contributed by atoms with E-state index in [0.717, 1.165) is 10.8 Å². The van der Waals surface area contributed by atoms with Gasteiger partial charge >= 0.3 is 6.03 Å². The molecule has 0 saturated heterocycles. The van der Waals surface area contributed by atoms with E-state index in [0.29, 0.717) is 17.1 Å². The normalized spacial score (nSPS) is 12.9.